The molecule has 7 heterocycles. The molecule has 0 aliphatic heterocycles. The molecule has 7 rings (SSSR count). The van der Waals surface area contributed by atoms with Crippen LogP contribution in [0.2, 0.25) is 0 Å². The number of carbonyl (C=O) groups is 1. The summed E-state index contributed by atoms with van der Waals surface area (Å²) in [5, 5.41) is 69.1. The van der Waals surface area contributed by atoms with Crippen molar-refractivity contribution < 1.29 is 100 Å². The van der Waals surface area contributed by atoms with Gasteiger partial charge in [-0.15, -0.1) is 0 Å². The summed E-state index contributed by atoms with van der Waals surface area (Å²) < 4.78 is 64.9. The van der Waals surface area contributed by atoms with E-state index in [2.05, 4.69) is 48.5 Å². The monoisotopic (exact) mass is 1220 g/mol. The van der Waals surface area contributed by atoms with Gasteiger partial charge in [0.25, 0.3) is 0 Å². The molecule has 0 radical (unpaired) electrons. The zero-order chi connectivity index (χ0) is 64.2. The van der Waals surface area contributed by atoms with E-state index >= 15 is 0 Å². The number of hydrogen-bond donors (Lipinski definition) is 8. The molecule has 0 aromatic carbocycles. The molecule has 21 heteroatoms. The summed E-state index contributed by atoms with van der Waals surface area (Å²) in [5.74, 6) is 8.41. The SMILES string of the molecule is CCC(C)O.CCC(C)OC(OC(C)CC)c1ccc(CO)o1.CCC(C)OCc1ccc(CO)o1.CCC(C)OCc1ccc(COC(C)CC)o1.O=Cc1ccc(CO)o1.OCc1ccc(CO)o1.OCc1ccc(Cc2ccc(CO)o2)o1. The number of ether oxygens (including phenoxy) is 5. The summed E-state index contributed by atoms with van der Waals surface area (Å²) in [4.78, 5) is 9.96. The Labute approximate surface area is 507 Å². The van der Waals surface area contributed by atoms with E-state index in [0.717, 1.165) is 67.3 Å². The van der Waals surface area contributed by atoms with Gasteiger partial charge >= 0.3 is 0 Å². The van der Waals surface area contributed by atoms with Crippen LogP contribution in [0.15, 0.2) is 116 Å². The second-order valence-electron chi connectivity index (χ2n) is 19.7. The summed E-state index contributed by atoms with van der Waals surface area (Å²) in [6.07, 6.45) is 7.22. The lowest BCUT2D eigenvalue weighted by Crippen LogP contribution is -2.19. The lowest BCUT2D eigenvalue weighted by molar-refractivity contribution is -0.202. The Kier molecular flexibility index (Phi) is 42.9. The molecule has 6 unspecified atom stereocenters. The van der Waals surface area contributed by atoms with Gasteiger partial charge in [0.05, 0.1) is 43.0 Å². The molecule has 0 saturated heterocycles. The highest BCUT2D eigenvalue weighted by molar-refractivity contribution is 5.70. The quantitative estimate of drug-likeness (QED) is 0.0153. The van der Waals surface area contributed by atoms with E-state index in [1.165, 1.54) is 6.07 Å². The van der Waals surface area contributed by atoms with Crippen LogP contribution in [0, 0.1) is 0 Å². The molecular formula is C65H100O21. The lowest BCUT2D eigenvalue weighted by atomic mass is 10.3. The van der Waals surface area contributed by atoms with E-state index in [-0.39, 0.29) is 88.6 Å². The normalized spacial score (nSPS) is 13.2. The Bertz CT molecular complexity index is 2560. The first-order valence-electron chi connectivity index (χ1n) is 29.4. The molecule has 7 aromatic heterocycles. The standard InChI is InChI=1S/C14H24O4.C14H24O3.C11H12O4.C10H16O3.C6H8O3.C6H6O3.C4H10O/c1-5-10(3)16-14(17-11(4)6-2)13-8-7-12(9-15)18-13;1-5-11(3)15-9-13-7-8-14(17-13)10-16-12(4)6-2;12-6-10-3-1-8(14-10)5-9-2-4-11(7-13)15-9;1-3-8(2)12-7-10-5-4-9(6-11)13-10;2*7-3-5-1-2-6(4-8)9-5;1-3-4(2)5/h7-8,10-11,14-15H,5-6,9H2,1-4H3;7-8,11-12H,5-6,9-10H2,1-4H3;1-4,12-13H,5-7H2;4-5,8,11H,3,6-7H2,1-2H3;1-2,7-8H,3-4H2;1-3,8H,4H2;4-5H,3H2,1-2H3. The molecule has 7 aromatic rings. The van der Waals surface area contributed by atoms with Gasteiger partial charge in [-0.25, -0.2) is 0 Å². The van der Waals surface area contributed by atoms with Crippen LogP contribution >= 0.6 is 0 Å². The Morgan fingerprint density at radius 1 is 0.349 bits per heavy atom. The van der Waals surface area contributed by atoms with Crippen LogP contribution < -0.4 is 0 Å². The fraction of sp³-hybridized carbons (Fsp3) is 0.554. The maximum atomic E-state index is 9.96. The van der Waals surface area contributed by atoms with Crippen molar-refractivity contribution >= 4 is 6.29 Å². The highest BCUT2D eigenvalue weighted by atomic mass is 16.7. The number of aliphatic hydroxyl groups is 8. The Morgan fingerprint density at radius 3 is 0.872 bits per heavy atom. The molecule has 486 valence electrons. The smallest absolute Gasteiger partial charge is 0.217 e. The van der Waals surface area contributed by atoms with Gasteiger partial charge in [0.1, 0.15) is 135 Å². The fourth-order valence-corrected chi connectivity index (χ4v) is 6.09. The molecule has 0 fully saturated rings. The largest absolute Gasteiger partial charge is 0.463 e. The summed E-state index contributed by atoms with van der Waals surface area (Å²) in [7, 11) is 0. The Morgan fingerprint density at radius 2 is 0.605 bits per heavy atom. The highest BCUT2D eigenvalue weighted by Gasteiger charge is 2.22. The van der Waals surface area contributed by atoms with E-state index in [1.807, 2.05) is 45.9 Å². The van der Waals surface area contributed by atoms with E-state index in [9.17, 15) is 4.79 Å². The van der Waals surface area contributed by atoms with Gasteiger partial charge in [0.15, 0.2) is 17.8 Å². The molecule has 0 bridgehead atoms. The number of aldehydes is 1. The molecule has 86 heavy (non-hydrogen) atoms. The van der Waals surface area contributed by atoms with E-state index < -0.39 is 6.29 Å². The number of rotatable bonds is 30. The van der Waals surface area contributed by atoms with Crippen LogP contribution in [0.5, 0.6) is 0 Å². The molecule has 0 spiro atoms. The van der Waals surface area contributed by atoms with E-state index in [4.69, 9.17) is 95.5 Å². The average Bonchev–Trinajstić information content (AvgIpc) is 4.55. The summed E-state index contributed by atoms with van der Waals surface area (Å²) in [6.45, 7) is 25.1. The predicted molar refractivity (Wildman–Crippen MR) is 321 cm³/mol. The van der Waals surface area contributed by atoms with Crippen molar-refractivity contribution in [2.24, 2.45) is 0 Å². The van der Waals surface area contributed by atoms with Crippen molar-refractivity contribution in [3.8, 4) is 0 Å². The first-order valence-corrected chi connectivity index (χ1v) is 29.4. The molecular weight excluding hydrogens is 1120 g/mol. The second-order valence-corrected chi connectivity index (χ2v) is 19.7. The Hall–Kier alpha value is -5.89. The van der Waals surface area contributed by atoms with E-state index in [1.54, 1.807) is 67.6 Å². The zero-order valence-electron chi connectivity index (χ0n) is 52.6. The minimum Gasteiger partial charge on any atom is -0.463 e. The molecule has 8 N–H and O–H groups in total. The minimum atomic E-state index is -0.504. The average molecular weight is 1220 g/mol. The molecule has 0 saturated carbocycles. The lowest BCUT2D eigenvalue weighted by Gasteiger charge is -2.23. The topological polar surface area (TPSA) is 317 Å². The van der Waals surface area contributed by atoms with Gasteiger partial charge in [-0.3, -0.25) is 4.79 Å². The van der Waals surface area contributed by atoms with Crippen molar-refractivity contribution in [1.29, 1.82) is 0 Å². The van der Waals surface area contributed by atoms with Crippen LogP contribution in [-0.2, 0) is 96.2 Å². The van der Waals surface area contributed by atoms with Crippen molar-refractivity contribution in [3.05, 3.63) is 166 Å². The molecule has 6 atom stereocenters. The third kappa shape index (κ3) is 34.4. The van der Waals surface area contributed by atoms with E-state index in [0.29, 0.717) is 78.6 Å². The number of carbonyl (C=O) groups excluding carboxylic acids is 1. The zero-order valence-corrected chi connectivity index (χ0v) is 52.6. The molecule has 0 aliphatic carbocycles. The minimum absolute atomic E-state index is 0.0523. The van der Waals surface area contributed by atoms with Gasteiger partial charge in [0, 0.05) is 0 Å². The summed E-state index contributed by atoms with van der Waals surface area (Å²) >= 11 is 0. The van der Waals surface area contributed by atoms with Gasteiger partial charge in [0.2, 0.25) is 6.29 Å². The first kappa shape index (κ1) is 78.1. The fourth-order valence-electron chi connectivity index (χ4n) is 6.09. The first-order chi connectivity index (χ1) is 41.3. The number of hydrogen-bond acceptors (Lipinski definition) is 21. The van der Waals surface area contributed by atoms with Gasteiger partial charge < -0.3 is 95.5 Å². The van der Waals surface area contributed by atoms with Crippen molar-refractivity contribution in [3.63, 3.8) is 0 Å². The molecule has 0 amide bonds. The van der Waals surface area contributed by atoms with Crippen LogP contribution in [0.4, 0.5) is 0 Å². The third-order valence-electron chi connectivity index (χ3n) is 12.4. The predicted octanol–water partition coefficient (Wildman–Crippen LogP) is 12.5. The number of aliphatic hydroxyl groups excluding tert-OH is 8. The van der Waals surface area contributed by atoms with Gasteiger partial charge in [-0.2, -0.15) is 0 Å². The Balaban J connectivity index is 0.000000515. The maximum Gasteiger partial charge on any atom is 0.217 e. The van der Waals surface area contributed by atoms with Gasteiger partial charge in [-0.1, -0.05) is 41.5 Å². The van der Waals surface area contributed by atoms with Crippen LogP contribution in [-0.4, -0.2) is 83.8 Å². The summed E-state index contributed by atoms with van der Waals surface area (Å²) in [6, 6.07) is 24.4. The van der Waals surface area contributed by atoms with Crippen molar-refractivity contribution in [2.75, 3.05) is 0 Å². The van der Waals surface area contributed by atoms with Crippen LogP contribution in [0.1, 0.15) is 213 Å². The molecule has 21 nitrogen and oxygen atoms in total. The van der Waals surface area contributed by atoms with Crippen LogP contribution in [0.3, 0.4) is 0 Å². The molecule has 0 aliphatic rings. The maximum absolute atomic E-state index is 9.96. The highest BCUT2D eigenvalue weighted by Crippen LogP contribution is 2.26. The van der Waals surface area contributed by atoms with Crippen molar-refractivity contribution in [2.45, 2.75) is 237 Å². The van der Waals surface area contributed by atoms with Crippen LogP contribution in [0.25, 0.3) is 0 Å². The van der Waals surface area contributed by atoms with Gasteiger partial charge in [-0.05, 0) is 165 Å². The van der Waals surface area contributed by atoms with Crippen molar-refractivity contribution in [1.82, 2.24) is 0 Å². The third-order valence-corrected chi connectivity index (χ3v) is 12.4. The number of furan rings is 7. The summed E-state index contributed by atoms with van der Waals surface area (Å²) in [5.41, 5.74) is 0. The second kappa shape index (κ2) is 47.2.